The van der Waals surface area contributed by atoms with Crippen molar-refractivity contribution in [2.45, 2.75) is 0 Å². The Labute approximate surface area is 110 Å². The third-order valence-corrected chi connectivity index (χ3v) is 2.96. The lowest BCUT2D eigenvalue weighted by molar-refractivity contribution is -0.115. The monoisotopic (exact) mass is 316 g/mol. The molecule has 0 saturated carbocycles. The van der Waals surface area contributed by atoms with Gasteiger partial charge in [-0.15, -0.1) is 0 Å². The van der Waals surface area contributed by atoms with Gasteiger partial charge in [0, 0.05) is 0 Å². The van der Waals surface area contributed by atoms with Gasteiger partial charge in [0.15, 0.2) is 0 Å². The SMILES string of the molecule is O=C1NC(=O)C(=Cc2cc(Cl)c(O)c(Br)c2)N1. The molecule has 3 N–H and O–H groups in total. The molecule has 0 bridgehead atoms. The normalized spacial score (nSPS) is 17.2. The van der Waals surface area contributed by atoms with Gasteiger partial charge >= 0.3 is 6.03 Å². The number of urea groups is 1. The minimum atomic E-state index is -0.565. The molecule has 1 fully saturated rings. The minimum Gasteiger partial charge on any atom is -0.505 e. The molecule has 17 heavy (non-hydrogen) atoms. The molecule has 1 heterocycles. The highest BCUT2D eigenvalue weighted by molar-refractivity contribution is 9.10. The molecule has 1 aromatic carbocycles. The summed E-state index contributed by atoms with van der Waals surface area (Å²) in [6.45, 7) is 0. The Bertz CT molecular complexity index is 533. The van der Waals surface area contributed by atoms with E-state index in [1.54, 1.807) is 6.07 Å². The molecular weight excluding hydrogens is 311 g/mol. The van der Waals surface area contributed by atoms with Gasteiger partial charge in [-0.1, -0.05) is 11.6 Å². The van der Waals surface area contributed by atoms with Gasteiger partial charge in [0.05, 0.1) is 9.50 Å². The number of amides is 3. The number of imide groups is 1. The highest BCUT2D eigenvalue weighted by atomic mass is 79.9. The van der Waals surface area contributed by atoms with Crippen LogP contribution in [0.4, 0.5) is 4.79 Å². The summed E-state index contributed by atoms with van der Waals surface area (Å²) in [4.78, 5) is 22.2. The molecule has 1 aliphatic rings. The number of hydrogen-bond acceptors (Lipinski definition) is 3. The van der Waals surface area contributed by atoms with Gasteiger partial charge in [0.25, 0.3) is 5.91 Å². The predicted octanol–water partition coefficient (Wildman–Crippen LogP) is 1.99. The quantitative estimate of drug-likeness (QED) is 0.547. The summed E-state index contributed by atoms with van der Waals surface area (Å²) in [5, 5.41) is 14.0. The number of aromatic hydroxyl groups is 1. The smallest absolute Gasteiger partial charge is 0.326 e. The maximum absolute atomic E-state index is 11.3. The molecule has 5 nitrogen and oxygen atoms in total. The van der Waals surface area contributed by atoms with E-state index in [2.05, 4.69) is 26.6 Å². The largest absolute Gasteiger partial charge is 0.505 e. The van der Waals surface area contributed by atoms with E-state index in [1.165, 1.54) is 12.1 Å². The average Bonchev–Trinajstić information content (AvgIpc) is 2.54. The Balaban J connectivity index is 2.40. The number of phenolic OH excluding ortho intramolecular Hbond substituents is 1. The maximum Gasteiger partial charge on any atom is 0.326 e. The molecule has 0 atom stereocenters. The number of carbonyl (C=O) groups is 2. The first kappa shape index (κ1) is 11.9. The van der Waals surface area contributed by atoms with Crippen molar-refractivity contribution in [2.24, 2.45) is 0 Å². The summed E-state index contributed by atoms with van der Waals surface area (Å²) in [7, 11) is 0. The zero-order chi connectivity index (χ0) is 12.6. The number of phenols is 1. The van der Waals surface area contributed by atoms with Crippen LogP contribution in [-0.2, 0) is 4.79 Å². The van der Waals surface area contributed by atoms with Crippen LogP contribution in [-0.4, -0.2) is 17.0 Å². The first-order valence-corrected chi connectivity index (χ1v) is 5.66. The fraction of sp³-hybridized carbons (Fsp3) is 0. The summed E-state index contributed by atoms with van der Waals surface area (Å²) in [5.74, 6) is -0.580. The van der Waals surface area contributed by atoms with Gasteiger partial charge in [-0.2, -0.15) is 0 Å². The van der Waals surface area contributed by atoms with Crippen molar-refractivity contribution >= 4 is 45.5 Å². The van der Waals surface area contributed by atoms with E-state index in [1.807, 2.05) is 0 Å². The summed E-state index contributed by atoms with van der Waals surface area (Å²) >= 11 is 8.89. The standard InChI is InChI=1S/C10H6BrClN2O3/c11-5-1-4(2-6(12)8(5)15)3-7-9(16)14-10(17)13-7/h1-3,15H,(H2,13,14,16,17). The van der Waals surface area contributed by atoms with Gasteiger partial charge in [0.1, 0.15) is 11.4 Å². The molecule has 0 radical (unpaired) electrons. The van der Waals surface area contributed by atoms with Crippen molar-refractivity contribution in [1.82, 2.24) is 10.6 Å². The predicted molar refractivity (Wildman–Crippen MR) is 65.5 cm³/mol. The summed E-state index contributed by atoms with van der Waals surface area (Å²) in [5.41, 5.74) is 0.704. The number of carbonyl (C=O) groups excluding carboxylic acids is 2. The van der Waals surface area contributed by atoms with E-state index in [9.17, 15) is 14.7 Å². The third kappa shape index (κ3) is 2.42. The van der Waals surface area contributed by atoms with Crippen LogP contribution in [0.2, 0.25) is 5.02 Å². The molecule has 1 aromatic rings. The van der Waals surface area contributed by atoms with Crippen molar-refractivity contribution in [3.63, 3.8) is 0 Å². The lowest BCUT2D eigenvalue weighted by Crippen LogP contribution is -2.22. The van der Waals surface area contributed by atoms with E-state index in [4.69, 9.17) is 11.6 Å². The Hall–Kier alpha value is -1.53. The average molecular weight is 318 g/mol. The second kappa shape index (κ2) is 4.38. The second-order valence-electron chi connectivity index (χ2n) is 3.30. The number of rotatable bonds is 1. The molecule has 0 unspecified atom stereocenters. The van der Waals surface area contributed by atoms with Crippen LogP contribution >= 0.6 is 27.5 Å². The maximum atomic E-state index is 11.3. The number of halogens is 2. The Kier molecular flexibility index (Phi) is 3.08. The second-order valence-corrected chi connectivity index (χ2v) is 4.56. The van der Waals surface area contributed by atoms with Crippen molar-refractivity contribution < 1.29 is 14.7 Å². The molecule has 3 amide bonds. The Morgan fingerprint density at radius 2 is 2.00 bits per heavy atom. The van der Waals surface area contributed by atoms with E-state index in [-0.39, 0.29) is 16.5 Å². The van der Waals surface area contributed by atoms with E-state index in [0.29, 0.717) is 10.0 Å². The van der Waals surface area contributed by atoms with Crippen LogP contribution in [0.1, 0.15) is 5.56 Å². The molecule has 2 rings (SSSR count). The molecule has 88 valence electrons. The molecule has 1 aliphatic heterocycles. The fourth-order valence-corrected chi connectivity index (χ4v) is 2.14. The van der Waals surface area contributed by atoms with Crippen molar-refractivity contribution in [1.29, 1.82) is 0 Å². The summed E-state index contributed by atoms with van der Waals surface area (Å²) in [6, 6.07) is 2.49. The highest BCUT2D eigenvalue weighted by Gasteiger charge is 2.22. The summed E-state index contributed by atoms with van der Waals surface area (Å²) in [6.07, 6.45) is 1.45. The van der Waals surface area contributed by atoms with Crippen molar-refractivity contribution in [2.75, 3.05) is 0 Å². The van der Waals surface area contributed by atoms with Gasteiger partial charge in [-0.3, -0.25) is 10.1 Å². The van der Waals surface area contributed by atoms with Gasteiger partial charge in [-0.25, -0.2) is 4.79 Å². The summed E-state index contributed by atoms with van der Waals surface area (Å²) < 4.78 is 0.404. The Morgan fingerprint density at radius 1 is 1.29 bits per heavy atom. The molecule has 0 aromatic heterocycles. The van der Waals surface area contributed by atoms with E-state index >= 15 is 0 Å². The van der Waals surface area contributed by atoms with Crippen molar-refractivity contribution in [3.8, 4) is 5.75 Å². The first-order valence-electron chi connectivity index (χ1n) is 4.49. The Morgan fingerprint density at radius 3 is 2.53 bits per heavy atom. The number of nitrogens with one attached hydrogen (secondary N) is 2. The molecule has 7 heteroatoms. The number of benzene rings is 1. The van der Waals surface area contributed by atoms with Crippen LogP contribution in [0.3, 0.4) is 0 Å². The van der Waals surface area contributed by atoms with Crippen LogP contribution < -0.4 is 10.6 Å². The van der Waals surface area contributed by atoms with Gasteiger partial charge in [-0.05, 0) is 39.7 Å². The van der Waals surface area contributed by atoms with Gasteiger partial charge in [0.2, 0.25) is 0 Å². The minimum absolute atomic E-state index is 0.0753. The zero-order valence-corrected chi connectivity index (χ0v) is 10.6. The molecule has 1 saturated heterocycles. The van der Waals surface area contributed by atoms with Crippen LogP contribution in [0.25, 0.3) is 6.08 Å². The highest BCUT2D eigenvalue weighted by Crippen LogP contribution is 2.33. The first-order chi connectivity index (χ1) is 7.97. The van der Waals surface area contributed by atoms with Crippen LogP contribution in [0, 0.1) is 0 Å². The topological polar surface area (TPSA) is 78.4 Å². The molecular formula is C10H6BrClN2O3. The van der Waals surface area contributed by atoms with E-state index < -0.39 is 11.9 Å². The molecule has 0 aliphatic carbocycles. The van der Waals surface area contributed by atoms with Gasteiger partial charge < -0.3 is 10.4 Å². The zero-order valence-electron chi connectivity index (χ0n) is 8.25. The van der Waals surface area contributed by atoms with E-state index in [0.717, 1.165) is 0 Å². The lowest BCUT2D eigenvalue weighted by atomic mass is 10.2. The number of hydrogen-bond donors (Lipinski definition) is 3. The third-order valence-electron chi connectivity index (χ3n) is 2.07. The van der Waals surface area contributed by atoms with Crippen molar-refractivity contribution in [3.05, 3.63) is 32.9 Å². The molecule has 0 spiro atoms. The van der Waals surface area contributed by atoms with Crippen LogP contribution in [0.5, 0.6) is 5.75 Å². The lowest BCUT2D eigenvalue weighted by Gasteiger charge is -2.02. The fourth-order valence-electron chi connectivity index (χ4n) is 1.32. The van der Waals surface area contributed by atoms with Crippen LogP contribution in [0.15, 0.2) is 22.3 Å².